The number of carbonyl (C=O) groups is 1. The van der Waals surface area contributed by atoms with Gasteiger partial charge in [-0.15, -0.1) is 0 Å². The lowest BCUT2D eigenvalue weighted by atomic mass is 9.69. The Hall–Kier alpha value is -2.80. The fraction of sp³-hybridized carbons (Fsp3) is 0.375. The molecule has 2 aromatic carbocycles. The van der Waals surface area contributed by atoms with Gasteiger partial charge in [-0.25, -0.2) is 13.2 Å². The molecule has 0 radical (unpaired) electrons. The summed E-state index contributed by atoms with van der Waals surface area (Å²) < 4.78 is 41.9. The number of carbonyl (C=O) groups excluding carboxylic acids is 1. The largest absolute Gasteiger partial charge is 0.394 e. The van der Waals surface area contributed by atoms with E-state index in [0.29, 0.717) is 36.0 Å². The topological polar surface area (TPSA) is 56.3 Å². The first-order chi connectivity index (χ1) is 15.0. The zero-order valence-electron chi connectivity index (χ0n) is 16.9. The molecule has 31 heavy (non-hydrogen) atoms. The average Bonchev–Trinajstić information content (AvgIpc) is 3.33. The maximum absolute atomic E-state index is 14.5. The van der Waals surface area contributed by atoms with E-state index in [1.54, 1.807) is 17.0 Å². The summed E-state index contributed by atoms with van der Waals surface area (Å²) in [7, 11) is 0. The molecule has 1 amide bonds. The van der Waals surface area contributed by atoms with E-state index in [4.69, 9.17) is 0 Å². The van der Waals surface area contributed by atoms with E-state index in [0.717, 1.165) is 24.5 Å². The predicted octanol–water partition coefficient (Wildman–Crippen LogP) is 4.73. The Morgan fingerprint density at radius 2 is 1.84 bits per heavy atom. The van der Waals surface area contributed by atoms with E-state index < -0.39 is 11.6 Å². The Morgan fingerprint density at radius 1 is 1.10 bits per heavy atom. The van der Waals surface area contributed by atoms with Gasteiger partial charge in [-0.3, -0.25) is 4.79 Å². The SMILES string of the molecule is O=C([C@H]1C[C@H](c2c(-c3ccc(F)cc3)[nH]c3c(F)cc(F)cc32)C1)N1CCC[C@H]1CO. The van der Waals surface area contributed by atoms with E-state index in [2.05, 4.69) is 4.98 Å². The molecule has 5 rings (SSSR count). The van der Waals surface area contributed by atoms with Crippen LogP contribution < -0.4 is 0 Å². The maximum atomic E-state index is 14.5. The summed E-state index contributed by atoms with van der Waals surface area (Å²) in [6.07, 6.45) is 2.86. The number of benzene rings is 2. The highest BCUT2D eigenvalue weighted by molar-refractivity contribution is 5.92. The molecule has 1 aliphatic carbocycles. The lowest BCUT2D eigenvalue weighted by molar-refractivity contribution is -0.140. The molecule has 1 aromatic heterocycles. The Kier molecular flexibility index (Phi) is 5.01. The zero-order chi connectivity index (χ0) is 21.7. The summed E-state index contributed by atoms with van der Waals surface area (Å²) in [5, 5.41) is 9.98. The Labute approximate surface area is 177 Å². The molecule has 0 unspecified atom stereocenters. The average molecular weight is 428 g/mol. The van der Waals surface area contributed by atoms with Crippen LogP contribution in [0.5, 0.6) is 0 Å². The van der Waals surface area contributed by atoms with Crippen molar-refractivity contribution in [3.63, 3.8) is 0 Å². The molecule has 2 heterocycles. The van der Waals surface area contributed by atoms with Crippen molar-refractivity contribution in [2.45, 2.75) is 37.6 Å². The van der Waals surface area contributed by atoms with Gasteiger partial charge in [0.05, 0.1) is 23.9 Å². The number of aliphatic hydroxyl groups excluding tert-OH is 1. The van der Waals surface area contributed by atoms with Crippen molar-refractivity contribution in [3.8, 4) is 11.3 Å². The van der Waals surface area contributed by atoms with Gasteiger partial charge >= 0.3 is 0 Å². The lowest BCUT2D eigenvalue weighted by Gasteiger charge is -2.38. The molecular formula is C24H23F3N2O2. The number of nitrogens with zero attached hydrogens (tertiary/aromatic N) is 1. The molecule has 7 heteroatoms. The van der Waals surface area contributed by atoms with E-state index in [1.807, 2.05) is 0 Å². The summed E-state index contributed by atoms with van der Waals surface area (Å²) in [6, 6.07) is 7.91. The van der Waals surface area contributed by atoms with Crippen LogP contribution in [0.1, 0.15) is 37.2 Å². The number of hydrogen-bond acceptors (Lipinski definition) is 2. The standard InChI is InChI=1S/C24H23F3N2O2/c25-16-5-3-13(4-6-16)22-21(19-10-17(26)11-20(27)23(19)28-22)14-8-15(9-14)24(31)29-7-1-2-18(29)12-30/h3-6,10-11,14-15,18,28,30H,1-2,7-9,12H2/t14-,15-,18-/m0/s1. The van der Waals surface area contributed by atoms with Gasteiger partial charge in [-0.05, 0) is 73.1 Å². The van der Waals surface area contributed by atoms with Crippen molar-refractivity contribution in [3.05, 3.63) is 59.4 Å². The monoisotopic (exact) mass is 428 g/mol. The van der Waals surface area contributed by atoms with Crippen LogP contribution in [0, 0.1) is 23.4 Å². The fourth-order valence-electron chi connectivity index (χ4n) is 5.11. The van der Waals surface area contributed by atoms with Crippen molar-refractivity contribution in [2.24, 2.45) is 5.92 Å². The van der Waals surface area contributed by atoms with Gasteiger partial charge < -0.3 is 15.0 Å². The molecule has 4 nitrogen and oxygen atoms in total. The molecule has 2 aliphatic rings. The number of rotatable bonds is 4. The number of aromatic amines is 1. The van der Waals surface area contributed by atoms with E-state index >= 15 is 0 Å². The highest BCUT2D eigenvalue weighted by Gasteiger charge is 2.42. The van der Waals surface area contributed by atoms with Gasteiger partial charge in [-0.1, -0.05) is 0 Å². The van der Waals surface area contributed by atoms with Crippen molar-refractivity contribution in [1.29, 1.82) is 0 Å². The second-order valence-corrected chi connectivity index (χ2v) is 8.61. The summed E-state index contributed by atoms with van der Waals surface area (Å²) in [5.74, 6) is -1.88. The van der Waals surface area contributed by atoms with Crippen LogP contribution in [0.15, 0.2) is 36.4 Å². The summed E-state index contributed by atoms with van der Waals surface area (Å²) in [6.45, 7) is 0.632. The Bertz CT molecular complexity index is 1140. The molecule has 1 aliphatic heterocycles. The Morgan fingerprint density at radius 3 is 2.55 bits per heavy atom. The molecule has 0 spiro atoms. The maximum Gasteiger partial charge on any atom is 0.226 e. The molecule has 0 bridgehead atoms. The van der Waals surface area contributed by atoms with Crippen molar-refractivity contribution in [2.75, 3.05) is 13.2 Å². The molecule has 1 atom stereocenters. The highest BCUT2D eigenvalue weighted by atomic mass is 19.1. The third kappa shape index (κ3) is 3.41. The number of hydrogen-bond donors (Lipinski definition) is 2. The number of aromatic nitrogens is 1. The van der Waals surface area contributed by atoms with Crippen LogP contribution in [0.3, 0.4) is 0 Å². The van der Waals surface area contributed by atoms with Gasteiger partial charge in [0.2, 0.25) is 5.91 Å². The molecular weight excluding hydrogens is 405 g/mol. The third-order valence-corrected chi connectivity index (χ3v) is 6.76. The second kappa shape index (κ2) is 7.71. The lowest BCUT2D eigenvalue weighted by Crippen LogP contribution is -2.44. The number of amides is 1. The van der Waals surface area contributed by atoms with Crippen LogP contribution in [0.4, 0.5) is 13.2 Å². The molecule has 1 saturated heterocycles. The number of nitrogens with one attached hydrogen (secondary N) is 1. The number of aliphatic hydroxyl groups is 1. The van der Waals surface area contributed by atoms with Crippen LogP contribution in [0.2, 0.25) is 0 Å². The summed E-state index contributed by atoms with van der Waals surface area (Å²) in [5.41, 5.74) is 2.29. The zero-order valence-corrected chi connectivity index (χ0v) is 16.9. The minimum atomic E-state index is -0.681. The van der Waals surface area contributed by atoms with Crippen LogP contribution in [0.25, 0.3) is 22.2 Å². The minimum absolute atomic E-state index is 0.0302. The van der Waals surface area contributed by atoms with E-state index in [-0.39, 0.29) is 41.7 Å². The van der Waals surface area contributed by atoms with Crippen molar-refractivity contribution < 1.29 is 23.1 Å². The highest BCUT2D eigenvalue weighted by Crippen LogP contribution is 2.49. The summed E-state index contributed by atoms with van der Waals surface area (Å²) >= 11 is 0. The van der Waals surface area contributed by atoms with Crippen LogP contribution in [-0.2, 0) is 4.79 Å². The third-order valence-electron chi connectivity index (χ3n) is 6.76. The normalized spacial score (nSPS) is 23.4. The number of fused-ring (bicyclic) bond motifs is 1. The summed E-state index contributed by atoms with van der Waals surface area (Å²) in [4.78, 5) is 17.8. The van der Waals surface area contributed by atoms with Crippen LogP contribution in [-0.4, -0.2) is 40.1 Å². The van der Waals surface area contributed by atoms with Gasteiger partial charge in [0.1, 0.15) is 17.5 Å². The number of H-pyrrole nitrogens is 1. The van der Waals surface area contributed by atoms with Gasteiger partial charge in [0.15, 0.2) is 0 Å². The smallest absolute Gasteiger partial charge is 0.226 e. The Balaban J connectivity index is 1.49. The first-order valence-electron chi connectivity index (χ1n) is 10.6. The minimum Gasteiger partial charge on any atom is -0.394 e. The van der Waals surface area contributed by atoms with Crippen LogP contribution >= 0.6 is 0 Å². The van der Waals surface area contributed by atoms with Gasteiger partial charge in [-0.2, -0.15) is 0 Å². The fourth-order valence-corrected chi connectivity index (χ4v) is 5.11. The first-order valence-corrected chi connectivity index (χ1v) is 10.6. The van der Waals surface area contributed by atoms with E-state index in [9.17, 15) is 23.1 Å². The van der Waals surface area contributed by atoms with Gasteiger partial charge in [0.25, 0.3) is 0 Å². The number of halogens is 3. The predicted molar refractivity (Wildman–Crippen MR) is 111 cm³/mol. The quantitative estimate of drug-likeness (QED) is 0.631. The molecule has 162 valence electrons. The van der Waals surface area contributed by atoms with Gasteiger partial charge in [0, 0.05) is 23.9 Å². The molecule has 1 saturated carbocycles. The van der Waals surface area contributed by atoms with Crippen molar-refractivity contribution >= 4 is 16.8 Å². The second-order valence-electron chi connectivity index (χ2n) is 8.61. The number of likely N-dealkylation sites (tertiary alicyclic amines) is 1. The first kappa shape index (κ1) is 20.1. The van der Waals surface area contributed by atoms with E-state index in [1.165, 1.54) is 18.2 Å². The molecule has 2 fully saturated rings. The molecule has 2 N–H and O–H groups in total. The van der Waals surface area contributed by atoms with Crippen molar-refractivity contribution in [1.82, 2.24) is 9.88 Å². The molecule has 3 aromatic rings.